The number of carbonyl (C=O) groups is 2. The van der Waals surface area contributed by atoms with Crippen LogP contribution in [-0.4, -0.2) is 22.9 Å². The molecule has 0 saturated heterocycles. The number of aryl methyl sites for hydroxylation is 1. The van der Waals surface area contributed by atoms with Crippen molar-refractivity contribution in [2.75, 3.05) is 6.61 Å². The van der Waals surface area contributed by atoms with Gasteiger partial charge in [0.05, 0.1) is 13.2 Å². The summed E-state index contributed by atoms with van der Waals surface area (Å²) in [6.45, 7) is 6.59. The van der Waals surface area contributed by atoms with E-state index in [1.54, 1.807) is 26.1 Å². The van der Waals surface area contributed by atoms with Crippen LogP contribution in [0.4, 0.5) is 0 Å². The molecule has 0 aliphatic heterocycles. The zero-order valence-electron chi connectivity index (χ0n) is 11.7. The number of pyridine rings is 1. The van der Waals surface area contributed by atoms with Gasteiger partial charge in [-0.25, -0.2) is 0 Å². The molecule has 5 nitrogen and oxygen atoms in total. The second-order valence-electron chi connectivity index (χ2n) is 4.94. The minimum absolute atomic E-state index is 0.134. The molecule has 1 aromatic rings. The fraction of sp³-hybridized carbons (Fsp3) is 0.500. The predicted molar refractivity (Wildman–Crippen MR) is 70.9 cm³/mol. The van der Waals surface area contributed by atoms with Gasteiger partial charge in [0, 0.05) is 12.3 Å². The van der Waals surface area contributed by atoms with Crippen molar-refractivity contribution in [3.8, 4) is 0 Å². The zero-order valence-corrected chi connectivity index (χ0v) is 11.7. The summed E-state index contributed by atoms with van der Waals surface area (Å²) in [7, 11) is 0. The first-order chi connectivity index (χ1) is 8.78. The van der Waals surface area contributed by atoms with Crippen molar-refractivity contribution in [1.82, 2.24) is 4.57 Å². The van der Waals surface area contributed by atoms with Gasteiger partial charge in [-0.15, -0.1) is 0 Å². The largest absolute Gasteiger partial charge is 0.465 e. The number of hydrogen-bond donors (Lipinski definition) is 0. The molecule has 0 fully saturated rings. The molecule has 0 aliphatic rings. The van der Waals surface area contributed by atoms with E-state index in [1.165, 1.54) is 24.5 Å². The Kier molecular flexibility index (Phi) is 4.64. The number of nitrogens with zero attached hydrogens (tertiary/aromatic N) is 1. The average molecular weight is 265 g/mol. The number of ketones is 1. The molecule has 0 radical (unpaired) electrons. The molecule has 1 heterocycles. The second kappa shape index (κ2) is 5.82. The van der Waals surface area contributed by atoms with E-state index in [1.807, 2.05) is 0 Å². The maximum atomic E-state index is 12.1. The Morgan fingerprint density at radius 1 is 1.37 bits per heavy atom. The van der Waals surface area contributed by atoms with E-state index < -0.39 is 11.4 Å². The van der Waals surface area contributed by atoms with Crippen LogP contribution in [0.25, 0.3) is 0 Å². The van der Waals surface area contributed by atoms with Crippen molar-refractivity contribution in [2.45, 2.75) is 34.2 Å². The lowest BCUT2D eigenvalue weighted by atomic mass is 9.88. The summed E-state index contributed by atoms with van der Waals surface area (Å²) in [6, 6.07) is 3.19. The molecule has 0 unspecified atom stereocenters. The molecule has 0 bridgehead atoms. The van der Waals surface area contributed by atoms with Gasteiger partial charge in [-0.2, -0.15) is 0 Å². The highest BCUT2D eigenvalue weighted by Gasteiger charge is 2.37. The SMILES string of the molecule is CCOC(=O)C(C)(C)C(=O)Cn1ccc(C)cc1=O. The lowest BCUT2D eigenvalue weighted by Crippen LogP contribution is -2.39. The number of ether oxygens (including phenoxy) is 1. The molecule has 1 rings (SSSR count). The van der Waals surface area contributed by atoms with E-state index in [0.29, 0.717) is 0 Å². The third-order valence-electron chi connectivity index (χ3n) is 2.95. The maximum absolute atomic E-state index is 12.1. The molecule has 19 heavy (non-hydrogen) atoms. The Morgan fingerprint density at radius 3 is 2.53 bits per heavy atom. The van der Waals surface area contributed by atoms with Gasteiger partial charge in [0.1, 0.15) is 5.41 Å². The fourth-order valence-electron chi connectivity index (χ4n) is 1.52. The quantitative estimate of drug-likeness (QED) is 0.595. The third-order valence-corrected chi connectivity index (χ3v) is 2.95. The molecule has 0 atom stereocenters. The van der Waals surface area contributed by atoms with E-state index in [0.717, 1.165) is 5.56 Å². The van der Waals surface area contributed by atoms with Crippen LogP contribution in [0.3, 0.4) is 0 Å². The maximum Gasteiger partial charge on any atom is 0.319 e. The van der Waals surface area contributed by atoms with Crippen LogP contribution in [0.2, 0.25) is 0 Å². The zero-order chi connectivity index (χ0) is 14.6. The molecule has 0 amide bonds. The van der Waals surface area contributed by atoms with Crippen molar-refractivity contribution in [2.24, 2.45) is 5.41 Å². The Bertz CT molecular complexity index is 543. The topological polar surface area (TPSA) is 65.4 Å². The number of carbonyl (C=O) groups excluding carboxylic acids is 2. The van der Waals surface area contributed by atoms with Crippen molar-refractivity contribution in [1.29, 1.82) is 0 Å². The standard InChI is InChI=1S/C14H19NO4/c1-5-19-13(18)14(3,4)11(16)9-15-7-6-10(2)8-12(15)17/h6-8H,5,9H2,1-4H3. The lowest BCUT2D eigenvalue weighted by Gasteiger charge is -2.21. The van der Waals surface area contributed by atoms with Crippen molar-refractivity contribution >= 4 is 11.8 Å². The number of esters is 1. The molecule has 5 heteroatoms. The van der Waals surface area contributed by atoms with Crippen LogP contribution in [0.15, 0.2) is 23.1 Å². The highest BCUT2D eigenvalue weighted by molar-refractivity contribution is 6.02. The predicted octanol–water partition coefficient (Wildman–Crippen LogP) is 1.32. The Hall–Kier alpha value is -1.91. The third kappa shape index (κ3) is 3.53. The molecule has 0 aliphatic carbocycles. The highest BCUT2D eigenvalue weighted by Crippen LogP contribution is 2.19. The monoisotopic (exact) mass is 265 g/mol. The minimum atomic E-state index is -1.25. The molecule has 0 spiro atoms. The summed E-state index contributed by atoms with van der Waals surface area (Å²) < 4.78 is 6.16. The van der Waals surface area contributed by atoms with Gasteiger partial charge in [0.25, 0.3) is 5.56 Å². The van der Waals surface area contributed by atoms with Crippen LogP contribution in [0.5, 0.6) is 0 Å². The van der Waals surface area contributed by atoms with E-state index in [-0.39, 0.29) is 24.5 Å². The van der Waals surface area contributed by atoms with Crippen LogP contribution < -0.4 is 5.56 Å². The number of rotatable bonds is 5. The summed E-state index contributed by atoms with van der Waals surface area (Å²) >= 11 is 0. The van der Waals surface area contributed by atoms with E-state index >= 15 is 0 Å². The summed E-state index contributed by atoms with van der Waals surface area (Å²) in [5.74, 6) is -0.919. The molecule has 104 valence electrons. The van der Waals surface area contributed by atoms with Crippen molar-refractivity contribution < 1.29 is 14.3 Å². The summed E-state index contributed by atoms with van der Waals surface area (Å²) in [5, 5.41) is 0. The van der Waals surface area contributed by atoms with Gasteiger partial charge in [0.15, 0.2) is 5.78 Å². The Balaban J connectivity index is 2.90. The summed E-state index contributed by atoms with van der Waals surface area (Å²) in [6.07, 6.45) is 1.55. The van der Waals surface area contributed by atoms with Gasteiger partial charge in [0.2, 0.25) is 0 Å². The van der Waals surface area contributed by atoms with Crippen molar-refractivity contribution in [3.05, 3.63) is 34.2 Å². The van der Waals surface area contributed by atoms with E-state index in [2.05, 4.69) is 0 Å². The van der Waals surface area contributed by atoms with Gasteiger partial charge in [-0.1, -0.05) is 0 Å². The first-order valence-corrected chi connectivity index (χ1v) is 6.16. The smallest absolute Gasteiger partial charge is 0.319 e. The molecule has 0 N–H and O–H groups in total. The number of Topliss-reactive ketones (excluding diaryl/α,β-unsaturated/α-hetero) is 1. The van der Waals surface area contributed by atoms with Crippen LogP contribution in [0, 0.1) is 12.3 Å². The molecule has 0 saturated carbocycles. The normalized spacial score (nSPS) is 11.2. The fourth-order valence-corrected chi connectivity index (χ4v) is 1.52. The number of aromatic nitrogens is 1. The van der Waals surface area contributed by atoms with Crippen LogP contribution in [-0.2, 0) is 20.9 Å². The van der Waals surface area contributed by atoms with E-state index in [4.69, 9.17) is 4.74 Å². The second-order valence-corrected chi connectivity index (χ2v) is 4.94. The highest BCUT2D eigenvalue weighted by atomic mass is 16.5. The molecular formula is C14H19NO4. The summed E-state index contributed by atoms with van der Waals surface area (Å²) in [4.78, 5) is 35.5. The molecule has 0 aromatic carbocycles. The average Bonchev–Trinajstić information content (AvgIpc) is 2.32. The Morgan fingerprint density at radius 2 is 2.00 bits per heavy atom. The Labute approximate surface area is 112 Å². The van der Waals surface area contributed by atoms with Crippen LogP contribution in [0.1, 0.15) is 26.3 Å². The molecular weight excluding hydrogens is 246 g/mol. The van der Waals surface area contributed by atoms with Gasteiger partial charge < -0.3 is 9.30 Å². The lowest BCUT2D eigenvalue weighted by molar-refractivity contribution is -0.158. The van der Waals surface area contributed by atoms with Crippen molar-refractivity contribution in [3.63, 3.8) is 0 Å². The van der Waals surface area contributed by atoms with E-state index in [9.17, 15) is 14.4 Å². The first kappa shape index (κ1) is 15.1. The first-order valence-electron chi connectivity index (χ1n) is 6.16. The van der Waals surface area contributed by atoms with Gasteiger partial charge >= 0.3 is 5.97 Å². The molecule has 1 aromatic heterocycles. The summed E-state index contributed by atoms with van der Waals surface area (Å²) in [5.41, 5.74) is -0.674. The van der Waals surface area contributed by atoms with Gasteiger partial charge in [-0.05, 0) is 39.3 Å². The van der Waals surface area contributed by atoms with Gasteiger partial charge in [-0.3, -0.25) is 14.4 Å². The van der Waals surface area contributed by atoms with Crippen LogP contribution >= 0.6 is 0 Å². The minimum Gasteiger partial charge on any atom is -0.465 e. The number of hydrogen-bond acceptors (Lipinski definition) is 4.